The molecule has 0 spiro atoms. The van der Waals surface area contributed by atoms with Gasteiger partial charge < -0.3 is 9.64 Å². The third-order valence-corrected chi connectivity index (χ3v) is 4.64. The zero-order valence-corrected chi connectivity index (χ0v) is 11.3. The molecule has 0 saturated carbocycles. The molecule has 0 unspecified atom stereocenters. The molecule has 3 heterocycles. The number of likely N-dealkylation sites (tertiary alicyclic amines) is 1. The van der Waals surface area contributed by atoms with Crippen LogP contribution in [0.5, 0.6) is 0 Å². The van der Waals surface area contributed by atoms with Crippen molar-refractivity contribution in [3.05, 3.63) is 0 Å². The van der Waals surface area contributed by atoms with E-state index in [0.717, 1.165) is 51.2 Å². The van der Waals surface area contributed by atoms with Gasteiger partial charge in [0.05, 0.1) is 13.2 Å². The SMILES string of the molecule is NN1C[C@@H]2CN(CCCN3CCOCC3)C[C@@H]2C1. The Bertz CT molecular complexity index is 256. The molecule has 2 atom stereocenters. The maximum Gasteiger partial charge on any atom is 0.0594 e. The van der Waals surface area contributed by atoms with Crippen molar-refractivity contribution in [3.63, 3.8) is 0 Å². The lowest BCUT2D eigenvalue weighted by Crippen LogP contribution is -2.38. The molecule has 18 heavy (non-hydrogen) atoms. The lowest BCUT2D eigenvalue weighted by Gasteiger charge is -2.27. The molecule has 0 bridgehead atoms. The van der Waals surface area contributed by atoms with Crippen molar-refractivity contribution >= 4 is 0 Å². The van der Waals surface area contributed by atoms with Crippen LogP contribution in [0, 0.1) is 11.8 Å². The van der Waals surface area contributed by atoms with E-state index in [1.807, 2.05) is 5.01 Å². The Kier molecular flexibility index (Phi) is 4.16. The normalized spacial score (nSPS) is 35.2. The first-order valence-electron chi connectivity index (χ1n) is 7.33. The highest BCUT2D eigenvalue weighted by Crippen LogP contribution is 2.29. The molecule has 2 N–H and O–H groups in total. The molecule has 0 aromatic heterocycles. The highest BCUT2D eigenvalue weighted by Gasteiger charge is 2.38. The second-order valence-electron chi connectivity index (χ2n) is 6.04. The number of hydrogen-bond acceptors (Lipinski definition) is 5. The third kappa shape index (κ3) is 3.03. The van der Waals surface area contributed by atoms with E-state index in [1.54, 1.807) is 0 Å². The van der Waals surface area contributed by atoms with Gasteiger partial charge in [0, 0.05) is 39.3 Å². The summed E-state index contributed by atoms with van der Waals surface area (Å²) in [5.41, 5.74) is 0. The molecular weight excluding hydrogens is 228 g/mol. The van der Waals surface area contributed by atoms with Gasteiger partial charge >= 0.3 is 0 Å². The van der Waals surface area contributed by atoms with Crippen LogP contribution in [-0.4, -0.2) is 80.4 Å². The van der Waals surface area contributed by atoms with E-state index >= 15 is 0 Å². The Hall–Kier alpha value is -0.200. The largest absolute Gasteiger partial charge is 0.379 e. The van der Waals surface area contributed by atoms with Gasteiger partial charge in [-0.15, -0.1) is 0 Å². The Labute approximate surface area is 110 Å². The second-order valence-corrected chi connectivity index (χ2v) is 6.04. The summed E-state index contributed by atoms with van der Waals surface area (Å²) in [5, 5.41) is 2.00. The van der Waals surface area contributed by atoms with Crippen LogP contribution >= 0.6 is 0 Å². The number of nitrogens with two attached hydrogens (primary N) is 1. The van der Waals surface area contributed by atoms with Crippen molar-refractivity contribution in [3.8, 4) is 0 Å². The fourth-order valence-electron chi connectivity index (χ4n) is 3.65. The minimum absolute atomic E-state index is 0.832. The first-order chi connectivity index (χ1) is 8.81. The first kappa shape index (κ1) is 12.8. The van der Waals surface area contributed by atoms with Gasteiger partial charge in [-0.05, 0) is 31.3 Å². The topological polar surface area (TPSA) is 45.0 Å². The van der Waals surface area contributed by atoms with E-state index in [9.17, 15) is 0 Å². The number of ether oxygens (including phenoxy) is 1. The zero-order chi connectivity index (χ0) is 12.4. The Balaban J connectivity index is 1.33. The van der Waals surface area contributed by atoms with Crippen LogP contribution < -0.4 is 5.84 Å². The minimum Gasteiger partial charge on any atom is -0.379 e. The monoisotopic (exact) mass is 254 g/mol. The molecule has 5 nitrogen and oxygen atoms in total. The molecule has 0 aliphatic carbocycles. The highest BCUT2D eigenvalue weighted by atomic mass is 16.5. The highest BCUT2D eigenvalue weighted by molar-refractivity contribution is 4.91. The van der Waals surface area contributed by atoms with E-state index < -0.39 is 0 Å². The van der Waals surface area contributed by atoms with Crippen molar-refractivity contribution in [1.82, 2.24) is 14.8 Å². The van der Waals surface area contributed by atoms with Crippen LogP contribution in [0.1, 0.15) is 6.42 Å². The summed E-state index contributed by atoms with van der Waals surface area (Å²) >= 11 is 0. The maximum atomic E-state index is 5.86. The van der Waals surface area contributed by atoms with Gasteiger partial charge in [0.15, 0.2) is 0 Å². The molecule has 0 amide bonds. The van der Waals surface area contributed by atoms with Crippen LogP contribution in [0.15, 0.2) is 0 Å². The molecule has 5 heteroatoms. The average Bonchev–Trinajstić information content (AvgIpc) is 2.87. The van der Waals surface area contributed by atoms with Crippen molar-refractivity contribution in [2.24, 2.45) is 17.7 Å². The van der Waals surface area contributed by atoms with Crippen molar-refractivity contribution in [2.45, 2.75) is 6.42 Å². The van der Waals surface area contributed by atoms with Crippen LogP contribution in [0.25, 0.3) is 0 Å². The minimum atomic E-state index is 0.832. The molecule has 3 saturated heterocycles. The number of morpholine rings is 1. The first-order valence-corrected chi connectivity index (χ1v) is 7.33. The molecule has 3 rings (SSSR count). The maximum absolute atomic E-state index is 5.86. The number of hydrazine groups is 1. The number of fused-ring (bicyclic) bond motifs is 1. The lowest BCUT2D eigenvalue weighted by molar-refractivity contribution is 0.0363. The summed E-state index contributed by atoms with van der Waals surface area (Å²) in [6, 6.07) is 0. The van der Waals surface area contributed by atoms with Crippen molar-refractivity contribution in [1.29, 1.82) is 0 Å². The smallest absolute Gasteiger partial charge is 0.0594 e. The van der Waals surface area contributed by atoms with Crippen LogP contribution in [-0.2, 0) is 4.74 Å². The summed E-state index contributed by atoms with van der Waals surface area (Å²) in [7, 11) is 0. The predicted molar refractivity (Wildman–Crippen MR) is 71.1 cm³/mol. The molecule has 0 aromatic carbocycles. The van der Waals surface area contributed by atoms with E-state index in [4.69, 9.17) is 10.6 Å². The molecule has 104 valence electrons. The van der Waals surface area contributed by atoms with Gasteiger partial charge in [-0.1, -0.05) is 0 Å². The van der Waals surface area contributed by atoms with Crippen molar-refractivity contribution in [2.75, 3.05) is 65.6 Å². The Morgan fingerprint density at radius 1 is 0.889 bits per heavy atom. The van der Waals surface area contributed by atoms with Gasteiger partial charge in [0.25, 0.3) is 0 Å². The van der Waals surface area contributed by atoms with E-state index in [1.165, 1.54) is 32.6 Å². The molecule has 0 radical (unpaired) electrons. The fourth-order valence-corrected chi connectivity index (χ4v) is 3.65. The number of rotatable bonds is 4. The van der Waals surface area contributed by atoms with Gasteiger partial charge in [-0.2, -0.15) is 0 Å². The average molecular weight is 254 g/mol. The van der Waals surface area contributed by atoms with E-state index in [-0.39, 0.29) is 0 Å². The van der Waals surface area contributed by atoms with Crippen LogP contribution in [0.3, 0.4) is 0 Å². The molecule has 3 aliphatic heterocycles. The fraction of sp³-hybridized carbons (Fsp3) is 1.00. The summed E-state index contributed by atoms with van der Waals surface area (Å²) < 4.78 is 5.37. The summed E-state index contributed by atoms with van der Waals surface area (Å²) in [6.45, 7) is 11.3. The lowest BCUT2D eigenvalue weighted by atomic mass is 10.0. The second kappa shape index (κ2) is 5.84. The van der Waals surface area contributed by atoms with Gasteiger partial charge in [0.2, 0.25) is 0 Å². The zero-order valence-electron chi connectivity index (χ0n) is 11.3. The van der Waals surface area contributed by atoms with Gasteiger partial charge in [-0.3, -0.25) is 10.7 Å². The van der Waals surface area contributed by atoms with E-state index in [2.05, 4.69) is 9.80 Å². The summed E-state index contributed by atoms with van der Waals surface area (Å²) in [6.07, 6.45) is 1.30. The van der Waals surface area contributed by atoms with Gasteiger partial charge in [0.1, 0.15) is 0 Å². The molecular formula is C13H26N4O. The van der Waals surface area contributed by atoms with Gasteiger partial charge in [-0.25, -0.2) is 5.01 Å². The number of hydrogen-bond donors (Lipinski definition) is 1. The molecule has 3 fully saturated rings. The van der Waals surface area contributed by atoms with E-state index in [0.29, 0.717) is 0 Å². The Morgan fingerprint density at radius 3 is 2.17 bits per heavy atom. The summed E-state index contributed by atoms with van der Waals surface area (Å²) in [4.78, 5) is 5.17. The van der Waals surface area contributed by atoms with Crippen LogP contribution in [0.4, 0.5) is 0 Å². The number of nitrogens with zero attached hydrogens (tertiary/aromatic N) is 3. The predicted octanol–water partition coefficient (Wildman–Crippen LogP) is -0.554. The van der Waals surface area contributed by atoms with Crippen LogP contribution in [0.2, 0.25) is 0 Å². The van der Waals surface area contributed by atoms with Crippen molar-refractivity contribution < 1.29 is 4.74 Å². The molecule has 0 aromatic rings. The Morgan fingerprint density at radius 2 is 1.50 bits per heavy atom. The molecule has 3 aliphatic rings. The third-order valence-electron chi connectivity index (χ3n) is 4.64. The summed E-state index contributed by atoms with van der Waals surface area (Å²) in [5.74, 6) is 7.53. The quantitative estimate of drug-likeness (QED) is 0.682. The standard InChI is InChI=1S/C13H26N4O/c14-17-10-12-8-16(9-13(12)11-17)3-1-2-15-4-6-18-7-5-15/h12-13H,1-11,14H2/t12-,13+.